The molecule has 2 N–H and O–H groups in total. The van der Waals surface area contributed by atoms with E-state index >= 15 is 0 Å². The zero-order valence-electron chi connectivity index (χ0n) is 21.9. The third kappa shape index (κ3) is 3.42. The number of carbonyl (C=O) groups is 1. The lowest BCUT2D eigenvalue weighted by atomic mass is 9.43. The highest BCUT2D eigenvalue weighted by molar-refractivity contribution is 5.70. The van der Waals surface area contributed by atoms with E-state index in [0.717, 1.165) is 48.7 Å². The minimum atomic E-state index is -0.726. The first-order chi connectivity index (χ1) is 15.4. The predicted molar refractivity (Wildman–Crippen MR) is 135 cm³/mol. The van der Waals surface area contributed by atoms with Crippen molar-refractivity contribution >= 4 is 5.97 Å². The number of rotatable bonds is 9. The molecule has 0 heterocycles. The van der Waals surface area contributed by atoms with Crippen LogP contribution in [0.2, 0.25) is 0 Å². The number of aliphatic carboxylic acids is 1. The minimum absolute atomic E-state index is 0.137. The molecule has 0 amide bonds. The summed E-state index contributed by atoms with van der Waals surface area (Å²) in [7, 11) is 0. The zero-order valence-corrected chi connectivity index (χ0v) is 21.9. The molecule has 0 aromatic carbocycles. The summed E-state index contributed by atoms with van der Waals surface area (Å²) in [5.41, 5.74) is 3.30. The number of fused-ring (bicyclic) bond motifs is 2. The van der Waals surface area contributed by atoms with Crippen molar-refractivity contribution in [1.82, 2.24) is 0 Å². The molecule has 4 aliphatic rings. The highest BCUT2D eigenvalue weighted by Gasteiger charge is 2.79. The summed E-state index contributed by atoms with van der Waals surface area (Å²) in [6, 6.07) is 0. The summed E-state index contributed by atoms with van der Waals surface area (Å²) in [5, 5.41) is 19.7. The molecule has 4 fully saturated rings. The van der Waals surface area contributed by atoms with E-state index in [1.54, 1.807) is 0 Å². The van der Waals surface area contributed by atoms with E-state index in [-0.39, 0.29) is 12.5 Å². The van der Waals surface area contributed by atoms with Gasteiger partial charge in [0.25, 0.3) is 0 Å². The predicted octanol–water partition coefficient (Wildman–Crippen LogP) is 7.40. The average molecular weight is 457 g/mol. The van der Waals surface area contributed by atoms with Crippen LogP contribution in [0, 0.1) is 45.3 Å². The van der Waals surface area contributed by atoms with E-state index in [0.29, 0.717) is 33.5 Å². The maximum atomic E-state index is 11.4. The quantitative estimate of drug-likeness (QED) is 0.355. The Kier molecular flexibility index (Phi) is 6.25. The maximum Gasteiger partial charge on any atom is 0.307 e. The van der Waals surface area contributed by atoms with Crippen molar-refractivity contribution in [3.8, 4) is 0 Å². The lowest BCUT2D eigenvalue weighted by Crippen LogP contribution is -2.54. The number of carboxylic acid groups (broad SMARTS) is 1. The van der Waals surface area contributed by atoms with Gasteiger partial charge in [-0.2, -0.15) is 0 Å². The maximum absolute atomic E-state index is 11.4. The van der Waals surface area contributed by atoms with Crippen LogP contribution >= 0.6 is 0 Å². The van der Waals surface area contributed by atoms with Crippen LogP contribution in [0.25, 0.3) is 0 Å². The molecule has 0 aromatic rings. The number of hydrogen-bond acceptors (Lipinski definition) is 2. The Morgan fingerprint density at radius 3 is 2.36 bits per heavy atom. The highest BCUT2D eigenvalue weighted by Crippen LogP contribution is 2.87. The first-order valence-electron chi connectivity index (χ1n) is 13.6. The average Bonchev–Trinajstić information content (AvgIpc) is 3.35. The van der Waals surface area contributed by atoms with E-state index in [2.05, 4.69) is 40.9 Å². The van der Waals surface area contributed by atoms with Crippen LogP contribution in [0.1, 0.15) is 105 Å². The van der Waals surface area contributed by atoms with Crippen LogP contribution in [-0.2, 0) is 4.79 Å². The second-order valence-electron chi connectivity index (χ2n) is 13.2. The van der Waals surface area contributed by atoms with Gasteiger partial charge in [0, 0.05) is 0 Å². The van der Waals surface area contributed by atoms with Crippen molar-refractivity contribution in [2.45, 2.75) is 111 Å². The van der Waals surface area contributed by atoms with Crippen molar-refractivity contribution < 1.29 is 15.0 Å². The lowest BCUT2D eigenvalue weighted by Gasteiger charge is -2.61. The second-order valence-corrected chi connectivity index (χ2v) is 13.2. The van der Waals surface area contributed by atoms with E-state index in [4.69, 9.17) is 0 Å². The Bertz CT molecular complexity index is 830. The van der Waals surface area contributed by atoms with Crippen molar-refractivity contribution in [2.75, 3.05) is 0 Å². The molecule has 4 aliphatic carbocycles. The monoisotopic (exact) mass is 456 g/mol. The number of aliphatic hydroxyl groups is 1. The van der Waals surface area contributed by atoms with E-state index in [1.165, 1.54) is 38.5 Å². The van der Waals surface area contributed by atoms with Gasteiger partial charge in [0.1, 0.15) is 0 Å². The molecule has 0 unspecified atom stereocenters. The summed E-state index contributed by atoms with van der Waals surface area (Å²) >= 11 is 0. The number of aliphatic hydroxyl groups excluding tert-OH is 1. The summed E-state index contributed by atoms with van der Waals surface area (Å²) < 4.78 is 0. The SMILES string of the molecule is C=C(C)[C@@H](O)CC[C@@H](C)[C@H]1CC[C@@]2(C)[C@@H]3CC[C@@H](C(=C)CC(=O)O)[C@@]4(CC)C[C@@]34CC[C@]12C. The molecule has 0 aromatic heterocycles. The van der Waals surface area contributed by atoms with Gasteiger partial charge in [-0.15, -0.1) is 0 Å². The van der Waals surface area contributed by atoms with Gasteiger partial charge in [0.05, 0.1) is 12.5 Å². The molecule has 1 spiro atoms. The smallest absolute Gasteiger partial charge is 0.307 e. The Hall–Kier alpha value is -1.09. The van der Waals surface area contributed by atoms with Crippen molar-refractivity contribution in [3.05, 3.63) is 24.3 Å². The third-order valence-electron chi connectivity index (χ3n) is 12.2. The van der Waals surface area contributed by atoms with Crippen LogP contribution in [0.5, 0.6) is 0 Å². The highest BCUT2D eigenvalue weighted by atomic mass is 16.4. The van der Waals surface area contributed by atoms with Crippen LogP contribution < -0.4 is 0 Å². The molecular weight excluding hydrogens is 408 g/mol. The summed E-state index contributed by atoms with van der Waals surface area (Å²) in [6.07, 6.45) is 11.8. The minimum Gasteiger partial charge on any atom is -0.481 e. The molecule has 4 saturated carbocycles. The van der Waals surface area contributed by atoms with Gasteiger partial charge in [-0.05, 0) is 116 Å². The summed E-state index contributed by atoms with van der Waals surface area (Å²) in [4.78, 5) is 11.4. The topological polar surface area (TPSA) is 57.5 Å². The molecular formula is C30H48O3. The second kappa shape index (κ2) is 8.25. The van der Waals surface area contributed by atoms with Crippen molar-refractivity contribution in [1.29, 1.82) is 0 Å². The third-order valence-corrected chi connectivity index (χ3v) is 12.2. The number of carboxylic acids is 1. The van der Waals surface area contributed by atoms with Gasteiger partial charge in [-0.25, -0.2) is 0 Å². The molecule has 0 aliphatic heterocycles. The molecule has 33 heavy (non-hydrogen) atoms. The van der Waals surface area contributed by atoms with Crippen LogP contribution in [0.4, 0.5) is 0 Å². The summed E-state index contributed by atoms with van der Waals surface area (Å²) in [5.74, 6) is 1.78. The molecule has 186 valence electrons. The Labute approximate surface area is 202 Å². The molecule has 0 radical (unpaired) electrons. The molecule has 4 rings (SSSR count). The Balaban J connectivity index is 1.56. The van der Waals surface area contributed by atoms with Crippen molar-refractivity contribution in [2.24, 2.45) is 45.3 Å². The summed E-state index contributed by atoms with van der Waals surface area (Å²) in [6.45, 7) is 20.2. The van der Waals surface area contributed by atoms with Gasteiger partial charge >= 0.3 is 5.97 Å². The normalized spacial score (nSPS) is 45.3. The zero-order chi connectivity index (χ0) is 24.4. The van der Waals surface area contributed by atoms with E-state index in [1.807, 2.05) is 6.92 Å². The number of hydrogen-bond donors (Lipinski definition) is 2. The Morgan fingerprint density at radius 2 is 1.76 bits per heavy atom. The molecule has 3 heteroatoms. The van der Waals surface area contributed by atoms with Crippen LogP contribution in [-0.4, -0.2) is 22.3 Å². The fraction of sp³-hybridized carbons (Fsp3) is 0.833. The molecule has 0 saturated heterocycles. The van der Waals surface area contributed by atoms with Crippen LogP contribution in [0.3, 0.4) is 0 Å². The van der Waals surface area contributed by atoms with Gasteiger partial charge in [-0.3, -0.25) is 4.79 Å². The van der Waals surface area contributed by atoms with Gasteiger partial charge in [0.2, 0.25) is 0 Å². The lowest BCUT2D eigenvalue weighted by molar-refractivity contribution is -0.137. The van der Waals surface area contributed by atoms with Gasteiger partial charge in [0.15, 0.2) is 0 Å². The molecule has 9 atom stereocenters. The van der Waals surface area contributed by atoms with E-state index in [9.17, 15) is 15.0 Å². The first kappa shape index (κ1) is 25.0. The first-order valence-corrected chi connectivity index (χ1v) is 13.6. The Morgan fingerprint density at radius 1 is 1.06 bits per heavy atom. The fourth-order valence-electron chi connectivity index (χ4n) is 10.2. The van der Waals surface area contributed by atoms with Gasteiger partial charge < -0.3 is 10.2 Å². The van der Waals surface area contributed by atoms with Gasteiger partial charge in [-0.1, -0.05) is 52.0 Å². The van der Waals surface area contributed by atoms with Crippen molar-refractivity contribution in [3.63, 3.8) is 0 Å². The fourth-order valence-corrected chi connectivity index (χ4v) is 10.2. The van der Waals surface area contributed by atoms with Crippen LogP contribution in [0.15, 0.2) is 24.3 Å². The largest absolute Gasteiger partial charge is 0.481 e. The standard InChI is InChI=1S/C30H48O3/c1-8-29-18-30(29)16-15-27(6)22(20(4)9-11-24(31)19(2)3)13-14-28(27,7)25(30)12-10-23(29)21(5)17-26(32)33/h20,22-25,31H,2,5,8-18H2,1,3-4,6-7H3,(H,32,33)/t20-,22-,23+,24+,25+,27-,28+,29-,30+/m1/s1. The van der Waals surface area contributed by atoms with E-state index < -0.39 is 5.97 Å². The molecule has 3 nitrogen and oxygen atoms in total. The molecule has 0 bridgehead atoms.